The highest BCUT2D eigenvalue weighted by molar-refractivity contribution is 5.90. The molecule has 2 unspecified atom stereocenters. The van der Waals surface area contributed by atoms with E-state index in [-0.39, 0.29) is 23.9 Å². The van der Waals surface area contributed by atoms with Crippen molar-refractivity contribution in [3.05, 3.63) is 30.3 Å². The van der Waals surface area contributed by atoms with Gasteiger partial charge in [-0.2, -0.15) is 0 Å². The number of para-hydroxylation sites is 1. The van der Waals surface area contributed by atoms with Gasteiger partial charge in [-0.3, -0.25) is 4.79 Å². The zero-order valence-electron chi connectivity index (χ0n) is 14.0. The largest absolute Gasteiger partial charge is 0.338 e. The Balaban J connectivity index is 1.59. The molecule has 2 atom stereocenters. The molecule has 2 saturated heterocycles. The predicted molar refractivity (Wildman–Crippen MR) is 93.5 cm³/mol. The van der Waals surface area contributed by atoms with E-state index in [0.29, 0.717) is 19.6 Å². The Labute approximate surface area is 143 Å². The van der Waals surface area contributed by atoms with Gasteiger partial charge >= 0.3 is 6.03 Å². The van der Waals surface area contributed by atoms with Crippen LogP contribution in [0.15, 0.2) is 30.3 Å². The van der Waals surface area contributed by atoms with Crippen molar-refractivity contribution in [3.63, 3.8) is 0 Å². The number of piperidine rings is 1. The van der Waals surface area contributed by atoms with Gasteiger partial charge < -0.3 is 20.9 Å². The molecule has 2 aliphatic heterocycles. The molecule has 0 spiro atoms. The summed E-state index contributed by atoms with van der Waals surface area (Å²) in [5.74, 6) is 0.0626. The number of urea groups is 1. The van der Waals surface area contributed by atoms with E-state index in [9.17, 15) is 9.59 Å². The van der Waals surface area contributed by atoms with Crippen LogP contribution in [0.1, 0.15) is 25.7 Å². The van der Waals surface area contributed by atoms with Crippen molar-refractivity contribution in [2.75, 3.05) is 31.5 Å². The number of nitrogens with one attached hydrogen (secondary N) is 1. The van der Waals surface area contributed by atoms with Crippen LogP contribution in [0, 0.1) is 5.92 Å². The molecule has 2 aliphatic rings. The normalized spacial score (nSPS) is 24.0. The molecule has 3 amide bonds. The van der Waals surface area contributed by atoms with Gasteiger partial charge in [0.25, 0.3) is 0 Å². The lowest BCUT2D eigenvalue weighted by Gasteiger charge is -2.35. The number of carbonyl (C=O) groups is 2. The Morgan fingerprint density at radius 1 is 1.12 bits per heavy atom. The molecular formula is C18H26N4O2. The predicted octanol–water partition coefficient (Wildman–Crippen LogP) is 1.88. The van der Waals surface area contributed by atoms with Crippen LogP contribution in [0.4, 0.5) is 10.5 Å². The molecule has 0 bridgehead atoms. The molecule has 0 aliphatic carbocycles. The number of amides is 3. The number of hydrogen-bond acceptors (Lipinski definition) is 3. The van der Waals surface area contributed by atoms with Crippen molar-refractivity contribution >= 4 is 17.6 Å². The maximum Gasteiger partial charge on any atom is 0.321 e. The minimum atomic E-state index is -0.129. The molecule has 3 rings (SSSR count). The Morgan fingerprint density at radius 2 is 1.88 bits per heavy atom. The number of nitrogens with zero attached hydrogens (tertiary/aromatic N) is 2. The molecular weight excluding hydrogens is 304 g/mol. The lowest BCUT2D eigenvalue weighted by Crippen LogP contribution is -2.50. The number of hydrogen-bond donors (Lipinski definition) is 2. The lowest BCUT2D eigenvalue weighted by molar-refractivity contribution is -0.137. The summed E-state index contributed by atoms with van der Waals surface area (Å²) in [7, 11) is 0. The second-order valence-electron chi connectivity index (χ2n) is 6.64. The fourth-order valence-electron chi connectivity index (χ4n) is 3.69. The van der Waals surface area contributed by atoms with Gasteiger partial charge in [0.2, 0.25) is 5.91 Å². The highest BCUT2D eigenvalue weighted by atomic mass is 16.2. The van der Waals surface area contributed by atoms with E-state index in [1.165, 1.54) is 0 Å². The Morgan fingerprint density at radius 3 is 2.62 bits per heavy atom. The van der Waals surface area contributed by atoms with Crippen LogP contribution in [-0.2, 0) is 4.79 Å². The van der Waals surface area contributed by atoms with Gasteiger partial charge in [-0.05, 0) is 37.8 Å². The van der Waals surface area contributed by atoms with Gasteiger partial charge in [-0.25, -0.2) is 4.79 Å². The first-order chi connectivity index (χ1) is 11.7. The highest BCUT2D eigenvalue weighted by Crippen LogP contribution is 2.24. The van der Waals surface area contributed by atoms with Crippen molar-refractivity contribution in [2.24, 2.45) is 11.7 Å². The Hall–Kier alpha value is -2.08. The van der Waals surface area contributed by atoms with Crippen LogP contribution in [0.5, 0.6) is 0 Å². The molecule has 24 heavy (non-hydrogen) atoms. The quantitative estimate of drug-likeness (QED) is 0.888. The molecule has 3 N–H and O–H groups in total. The molecule has 0 radical (unpaired) electrons. The molecule has 1 aromatic rings. The van der Waals surface area contributed by atoms with Crippen molar-refractivity contribution < 1.29 is 9.59 Å². The van der Waals surface area contributed by atoms with Crippen LogP contribution < -0.4 is 11.1 Å². The minimum Gasteiger partial charge on any atom is -0.338 e. The second-order valence-corrected chi connectivity index (χ2v) is 6.64. The van der Waals surface area contributed by atoms with Crippen molar-refractivity contribution in [3.8, 4) is 0 Å². The molecule has 2 fully saturated rings. The number of anilines is 1. The van der Waals surface area contributed by atoms with E-state index in [1.54, 1.807) is 4.90 Å². The fraction of sp³-hybridized carbons (Fsp3) is 0.556. The number of rotatable bonds is 3. The number of nitrogens with two attached hydrogens (primary N) is 1. The monoisotopic (exact) mass is 330 g/mol. The Bertz CT molecular complexity index is 578. The summed E-state index contributed by atoms with van der Waals surface area (Å²) >= 11 is 0. The summed E-state index contributed by atoms with van der Waals surface area (Å²) in [4.78, 5) is 28.9. The molecule has 130 valence electrons. The molecule has 1 aromatic carbocycles. The first kappa shape index (κ1) is 16.8. The maximum atomic E-state index is 12.8. The molecule has 6 nitrogen and oxygen atoms in total. The first-order valence-electron chi connectivity index (χ1n) is 8.80. The minimum absolute atomic E-state index is 0.104. The fourth-order valence-corrected chi connectivity index (χ4v) is 3.69. The standard InChI is InChI=1S/C18H26N4O2/c19-12-16-9-5-11-22(16)17(23)14-6-4-10-21(13-14)18(24)20-15-7-2-1-3-8-15/h1-3,7-8,14,16H,4-6,9-13,19H2,(H,20,24). The molecule has 6 heteroatoms. The van der Waals surface area contributed by atoms with Crippen LogP contribution >= 0.6 is 0 Å². The zero-order chi connectivity index (χ0) is 16.9. The third-order valence-corrected chi connectivity index (χ3v) is 5.02. The van der Waals surface area contributed by atoms with E-state index in [2.05, 4.69) is 5.32 Å². The van der Waals surface area contributed by atoms with E-state index < -0.39 is 0 Å². The summed E-state index contributed by atoms with van der Waals surface area (Å²) < 4.78 is 0. The second kappa shape index (κ2) is 7.66. The molecule has 2 heterocycles. The topological polar surface area (TPSA) is 78.7 Å². The smallest absolute Gasteiger partial charge is 0.321 e. The number of likely N-dealkylation sites (tertiary alicyclic amines) is 2. The third-order valence-electron chi connectivity index (χ3n) is 5.02. The number of benzene rings is 1. The average Bonchev–Trinajstić information content (AvgIpc) is 3.10. The molecule has 0 saturated carbocycles. The zero-order valence-corrected chi connectivity index (χ0v) is 14.0. The summed E-state index contributed by atoms with van der Waals surface area (Å²) in [5, 5.41) is 2.90. The van der Waals surface area contributed by atoms with Gasteiger partial charge in [-0.15, -0.1) is 0 Å². The van der Waals surface area contributed by atoms with Gasteiger partial charge in [0, 0.05) is 37.9 Å². The van der Waals surface area contributed by atoms with E-state index in [0.717, 1.165) is 37.9 Å². The van der Waals surface area contributed by atoms with E-state index in [4.69, 9.17) is 5.73 Å². The van der Waals surface area contributed by atoms with Crippen LogP contribution in [0.25, 0.3) is 0 Å². The summed E-state index contributed by atoms with van der Waals surface area (Å²) in [6.45, 7) is 2.51. The highest BCUT2D eigenvalue weighted by Gasteiger charge is 2.35. The SMILES string of the molecule is NCC1CCCN1C(=O)C1CCCN(C(=O)Nc2ccccc2)C1. The summed E-state index contributed by atoms with van der Waals surface area (Å²) in [6, 6.07) is 9.45. The molecule has 0 aromatic heterocycles. The van der Waals surface area contributed by atoms with Crippen LogP contribution in [0.2, 0.25) is 0 Å². The van der Waals surface area contributed by atoms with Gasteiger partial charge in [-0.1, -0.05) is 18.2 Å². The van der Waals surface area contributed by atoms with E-state index >= 15 is 0 Å². The maximum absolute atomic E-state index is 12.8. The van der Waals surface area contributed by atoms with Gasteiger partial charge in [0.05, 0.1) is 5.92 Å². The van der Waals surface area contributed by atoms with Crippen molar-refractivity contribution in [1.29, 1.82) is 0 Å². The third kappa shape index (κ3) is 3.70. The average molecular weight is 330 g/mol. The van der Waals surface area contributed by atoms with Crippen LogP contribution in [0.3, 0.4) is 0 Å². The summed E-state index contributed by atoms with van der Waals surface area (Å²) in [6.07, 6.45) is 3.73. The lowest BCUT2D eigenvalue weighted by atomic mass is 9.96. The van der Waals surface area contributed by atoms with E-state index in [1.807, 2.05) is 35.2 Å². The first-order valence-corrected chi connectivity index (χ1v) is 8.80. The van der Waals surface area contributed by atoms with Crippen molar-refractivity contribution in [2.45, 2.75) is 31.7 Å². The van der Waals surface area contributed by atoms with Gasteiger partial charge in [0.15, 0.2) is 0 Å². The van der Waals surface area contributed by atoms with Gasteiger partial charge in [0.1, 0.15) is 0 Å². The summed E-state index contributed by atoms with van der Waals surface area (Å²) in [5.41, 5.74) is 6.56. The van der Waals surface area contributed by atoms with Crippen molar-refractivity contribution in [1.82, 2.24) is 9.80 Å². The Kier molecular flexibility index (Phi) is 5.35. The number of carbonyl (C=O) groups excluding carboxylic acids is 2. The van der Waals surface area contributed by atoms with Crippen LogP contribution in [-0.4, -0.2) is 54.0 Å².